The maximum atomic E-state index is 13.3. The number of amides is 1. The van der Waals surface area contributed by atoms with Gasteiger partial charge in [-0.3, -0.25) is 4.79 Å². The van der Waals surface area contributed by atoms with Crippen molar-refractivity contribution in [3.8, 4) is 0 Å². The van der Waals surface area contributed by atoms with Crippen molar-refractivity contribution in [1.82, 2.24) is 0 Å². The zero-order valence-electron chi connectivity index (χ0n) is 8.97. The van der Waals surface area contributed by atoms with E-state index in [4.69, 9.17) is 5.73 Å². The summed E-state index contributed by atoms with van der Waals surface area (Å²) in [5, 5.41) is 2.47. The summed E-state index contributed by atoms with van der Waals surface area (Å²) in [5.74, 6) is -0.834. The van der Waals surface area contributed by atoms with E-state index in [1.807, 2.05) is 6.92 Å². The molecule has 3 N–H and O–H groups in total. The zero-order chi connectivity index (χ0) is 12.1. The lowest BCUT2D eigenvalue weighted by Crippen LogP contribution is -2.35. The van der Waals surface area contributed by atoms with Crippen molar-refractivity contribution < 1.29 is 9.18 Å². The van der Waals surface area contributed by atoms with E-state index in [2.05, 4.69) is 21.2 Å². The molecule has 0 radical (unpaired) electrons. The molecule has 0 heterocycles. The summed E-state index contributed by atoms with van der Waals surface area (Å²) in [4.78, 5) is 11.5. The topological polar surface area (TPSA) is 55.1 Å². The van der Waals surface area contributed by atoms with Crippen molar-refractivity contribution >= 4 is 27.5 Å². The molecule has 0 saturated carbocycles. The molecule has 0 aliphatic heterocycles. The van der Waals surface area contributed by atoms with E-state index in [9.17, 15) is 9.18 Å². The van der Waals surface area contributed by atoms with Crippen molar-refractivity contribution in [2.24, 2.45) is 5.73 Å². The number of carbonyl (C=O) groups is 1. The van der Waals surface area contributed by atoms with Crippen LogP contribution in [0.2, 0.25) is 0 Å². The van der Waals surface area contributed by atoms with E-state index >= 15 is 0 Å². The smallest absolute Gasteiger partial charge is 0.241 e. The van der Waals surface area contributed by atoms with E-state index in [1.54, 1.807) is 6.07 Å². The first-order valence-electron chi connectivity index (χ1n) is 5.06. The number of anilines is 1. The Balaban J connectivity index is 2.72. The quantitative estimate of drug-likeness (QED) is 0.895. The molecule has 1 atom stereocenters. The monoisotopic (exact) mass is 288 g/mol. The van der Waals surface area contributed by atoms with Gasteiger partial charge in [0, 0.05) is 4.47 Å². The standard InChI is InChI=1S/C11H14BrFN2O/c1-2-3-9(14)11(16)15-10-6-7(12)4-5-8(10)13/h4-6,9H,2-3,14H2,1H3,(H,15,16). The number of hydrogen-bond donors (Lipinski definition) is 2. The number of nitrogens with two attached hydrogens (primary N) is 1. The minimum atomic E-state index is -0.594. The van der Waals surface area contributed by atoms with E-state index in [0.29, 0.717) is 10.9 Å². The number of carbonyl (C=O) groups excluding carboxylic acids is 1. The third-order valence-corrected chi connectivity index (χ3v) is 2.62. The highest BCUT2D eigenvalue weighted by Gasteiger charge is 2.14. The van der Waals surface area contributed by atoms with Gasteiger partial charge in [0.15, 0.2) is 0 Å². The van der Waals surface area contributed by atoms with E-state index in [0.717, 1.165) is 6.42 Å². The van der Waals surface area contributed by atoms with Crippen LogP contribution >= 0.6 is 15.9 Å². The van der Waals surface area contributed by atoms with Gasteiger partial charge < -0.3 is 11.1 Å². The second kappa shape index (κ2) is 5.96. The van der Waals surface area contributed by atoms with Gasteiger partial charge in [0.1, 0.15) is 5.82 Å². The molecule has 0 aromatic heterocycles. The fraction of sp³-hybridized carbons (Fsp3) is 0.364. The highest BCUT2D eigenvalue weighted by Crippen LogP contribution is 2.20. The Bertz CT molecular complexity index is 384. The summed E-state index contributed by atoms with van der Waals surface area (Å²) in [5.41, 5.74) is 5.76. The molecular weight excluding hydrogens is 275 g/mol. The highest BCUT2D eigenvalue weighted by atomic mass is 79.9. The van der Waals surface area contributed by atoms with Gasteiger partial charge in [-0.2, -0.15) is 0 Å². The van der Waals surface area contributed by atoms with Crippen LogP contribution < -0.4 is 11.1 Å². The number of halogens is 2. The molecule has 1 rings (SSSR count). The first kappa shape index (κ1) is 13.1. The normalized spacial score (nSPS) is 12.2. The number of nitrogens with one attached hydrogen (secondary N) is 1. The zero-order valence-corrected chi connectivity index (χ0v) is 10.6. The van der Waals surface area contributed by atoms with Crippen molar-refractivity contribution in [3.05, 3.63) is 28.5 Å². The summed E-state index contributed by atoms with van der Waals surface area (Å²) < 4.78 is 14.0. The molecule has 88 valence electrons. The first-order chi connectivity index (χ1) is 7.54. The lowest BCUT2D eigenvalue weighted by atomic mass is 10.1. The molecule has 0 bridgehead atoms. The molecule has 3 nitrogen and oxygen atoms in total. The SMILES string of the molecule is CCCC(N)C(=O)Nc1cc(Br)ccc1F. The van der Waals surface area contributed by atoms with Gasteiger partial charge in [0.05, 0.1) is 11.7 Å². The molecule has 1 amide bonds. The van der Waals surface area contributed by atoms with Crippen molar-refractivity contribution in [1.29, 1.82) is 0 Å². The van der Waals surface area contributed by atoms with Crippen molar-refractivity contribution in [2.45, 2.75) is 25.8 Å². The summed E-state index contributed by atoms with van der Waals surface area (Å²) >= 11 is 3.20. The van der Waals surface area contributed by atoms with Gasteiger partial charge in [-0.25, -0.2) is 4.39 Å². The number of benzene rings is 1. The van der Waals surface area contributed by atoms with Gasteiger partial charge >= 0.3 is 0 Å². The molecule has 5 heteroatoms. The van der Waals surface area contributed by atoms with Crippen LogP contribution in [0.4, 0.5) is 10.1 Å². The molecule has 16 heavy (non-hydrogen) atoms. The van der Waals surface area contributed by atoms with E-state index in [-0.39, 0.29) is 11.6 Å². The maximum absolute atomic E-state index is 13.3. The highest BCUT2D eigenvalue weighted by molar-refractivity contribution is 9.10. The molecule has 0 aliphatic rings. The Hall–Kier alpha value is -0.940. The third-order valence-electron chi connectivity index (χ3n) is 2.12. The van der Waals surface area contributed by atoms with E-state index < -0.39 is 11.9 Å². The molecular formula is C11H14BrFN2O. The fourth-order valence-electron chi connectivity index (χ4n) is 1.26. The van der Waals surface area contributed by atoms with E-state index in [1.165, 1.54) is 12.1 Å². The lowest BCUT2D eigenvalue weighted by molar-refractivity contribution is -0.117. The van der Waals surface area contributed by atoms with Gasteiger partial charge in [-0.1, -0.05) is 29.3 Å². The summed E-state index contributed by atoms with van der Waals surface area (Å²) in [6.07, 6.45) is 1.40. The second-order valence-electron chi connectivity index (χ2n) is 3.51. The van der Waals surface area contributed by atoms with Crippen LogP contribution in [0.3, 0.4) is 0 Å². The maximum Gasteiger partial charge on any atom is 0.241 e. The number of rotatable bonds is 4. The van der Waals surface area contributed by atoms with Crippen LogP contribution in [0, 0.1) is 5.82 Å². The van der Waals surface area contributed by atoms with Crippen LogP contribution in [-0.4, -0.2) is 11.9 Å². The molecule has 0 saturated heterocycles. The first-order valence-corrected chi connectivity index (χ1v) is 5.85. The molecule has 1 aromatic carbocycles. The predicted molar refractivity (Wildman–Crippen MR) is 65.6 cm³/mol. The third kappa shape index (κ3) is 3.57. The van der Waals surface area contributed by atoms with Crippen LogP contribution in [0.5, 0.6) is 0 Å². The fourth-order valence-corrected chi connectivity index (χ4v) is 1.62. The molecule has 0 fully saturated rings. The van der Waals surface area contributed by atoms with Crippen LogP contribution in [0.25, 0.3) is 0 Å². The van der Waals surface area contributed by atoms with Gasteiger partial charge in [0.25, 0.3) is 0 Å². The largest absolute Gasteiger partial charge is 0.322 e. The minimum absolute atomic E-state index is 0.144. The molecule has 1 aromatic rings. The Morgan fingerprint density at radius 2 is 2.31 bits per heavy atom. The average molecular weight is 289 g/mol. The van der Waals surface area contributed by atoms with Crippen LogP contribution in [0.15, 0.2) is 22.7 Å². The van der Waals surface area contributed by atoms with Gasteiger partial charge in [-0.15, -0.1) is 0 Å². The molecule has 1 unspecified atom stereocenters. The molecule has 0 spiro atoms. The van der Waals surface area contributed by atoms with Gasteiger partial charge in [0.2, 0.25) is 5.91 Å². The van der Waals surface area contributed by atoms with Crippen LogP contribution in [-0.2, 0) is 4.79 Å². The summed E-state index contributed by atoms with van der Waals surface area (Å²) in [7, 11) is 0. The Morgan fingerprint density at radius 3 is 2.94 bits per heavy atom. The van der Waals surface area contributed by atoms with Crippen LogP contribution in [0.1, 0.15) is 19.8 Å². The predicted octanol–water partition coefficient (Wildman–Crippen LogP) is 2.65. The van der Waals surface area contributed by atoms with Crippen molar-refractivity contribution in [3.63, 3.8) is 0 Å². The van der Waals surface area contributed by atoms with Crippen molar-refractivity contribution in [2.75, 3.05) is 5.32 Å². The number of hydrogen-bond acceptors (Lipinski definition) is 2. The Labute approximate surface area is 102 Å². The molecule has 0 aliphatic carbocycles. The second-order valence-corrected chi connectivity index (χ2v) is 4.42. The Morgan fingerprint density at radius 1 is 1.62 bits per heavy atom. The Kier molecular flexibility index (Phi) is 4.89. The minimum Gasteiger partial charge on any atom is -0.322 e. The average Bonchev–Trinajstić information content (AvgIpc) is 2.23. The summed E-state index contributed by atoms with van der Waals surface area (Å²) in [6.45, 7) is 1.94. The van der Waals surface area contributed by atoms with Gasteiger partial charge in [-0.05, 0) is 24.6 Å². The lowest BCUT2D eigenvalue weighted by Gasteiger charge is -2.11. The summed E-state index contributed by atoms with van der Waals surface area (Å²) in [6, 6.07) is 3.76.